The van der Waals surface area contributed by atoms with Crippen LogP contribution in [0.15, 0.2) is 31.2 Å². The molecule has 0 aliphatic rings. The van der Waals surface area contributed by atoms with Crippen LogP contribution in [0.25, 0.3) is 11.3 Å². The first-order chi connectivity index (χ1) is 9.74. The molecule has 20 heavy (non-hydrogen) atoms. The number of hydrogen-bond donors (Lipinski definition) is 1. The van der Waals surface area contributed by atoms with Crippen molar-refractivity contribution in [2.75, 3.05) is 11.9 Å². The summed E-state index contributed by atoms with van der Waals surface area (Å²) in [6, 6.07) is 2.10. The lowest BCUT2D eigenvalue weighted by Crippen LogP contribution is -2.04. The minimum Gasteiger partial charge on any atom is -0.351 e. The fourth-order valence-corrected chi connectivity index (χ4v) is 1.76. The topological polar surface area (TPSA) is 79.4 Å². The normalized spacial score (nSPS) is 10.0. The van der Waals surface area contributed by atoms with Gasteiger partial charge in [-0.2, -0.15) is 10.4 Å². The Morgan fingerprint density at radius 3 is 3.10 bits per heavy atom. The summed E-state index contributed by atoms with van der Waals surface area (Å²) in [7, 11) is 0. The molecule has 0 saturated heterocycles. The van der Waals surface area contributed by atoms with Gasteiger partial charge in [0.2, 0.25) is 5.95 Å². The van der Waals surface area contributed by atoms with E-state index in [2.05, 4.69) is 33.0 Å². The maximum absolute atomic E-state index is 8.59. The van der Waals surface area contributed by atoms with Crippen molar-refractivity contribution >= 4 is 5.95 Å². The van der Waals surface area contributed by atoms with Crippen LogP contribution in [-0.2, 0) is 6.54 Å². The summed E-state index contributed by atoms with van der Waals surface area (Å²) in [4.78, 5) is 8.70. The lowest BCUT2D eigenvalue weighted by atomic mass is 10.1. The summed E-state index contributed by atoms with van der Waals surface area (Å²) in [6.07, 6.45) is 7.62. The van der Waals surface area contributed by atoms with Gasteiger partial charge in [-0.05, 0) is 12.5 Å². The first-order valence-electron chi connectivity index (χ1n) is 6.32. The van der Waals surface area contributed by atoms with Crippen LogP contribution in [0.4, 0.5) is 5.95 Å². The molecule has 0 fully saturated rings. The second-order valence-corrected chi connectivity index (χ2v) is 4.30. The van der Waals surface area contributed by atoms with Gasteiger partial charge in [-0.15, -0.1) is 6.58 Å². The molecule has 6 heteroatoms. The maximum Gasteiger partial charge on any atom is 0.223 e. The minimum atomic E-state index is 0.440. The number of nitrogens with zero attached hydrogens (tertiary/aromatic N) is 5. The van der Waals surface area contributed by atoms with Crippen molar-refractivity contribution < 1.29 is 0 Å². The summed E-state index contributed by atoms with van der Waals surface area (Å²) in [5.74, 6) is 0.565. The summed E-state index contributed by atoms with van der Waals surface area (Å²) in [5, 5.41) is 15.9. The highest BCUT2D eigenvalue weighted by atomic mass is 15.3. The van der Waals surface area contributed by atoms with E-state index in [-0.39, 0.29) is 0 Å². The van der Waals surface area contributed by atoms with Gasteiger partial charge in [-0.1, -0.05) is 6.08 Å². The molecule has 0 spiro atoms. The fraction of sp³-hybridized carbons (Fsp3) is 0.286. The van der Waals surface area contributed by atoms with Crippen LogP contribution in [-0.4, -0.2) is 26.3 Å². The molecule has 1 N–H and O–H groups in total. The average Bonchev–Trinajstić information content (AvgIpc) is 2.93. The fourth-order valence-electron chi connectivity index (χ4n) is 1.76. The molecule has 0 aromatic carbocycles. The summed E-state index contributed by atoms with van der Waals surface area (Å²) in [5.41, 5.74) is 2.74. The van der Waals surface area contributed by atoms with E-state index < -0.39 is 0 Å². The number of rotatable bonds is 6. The van der Waals surface area contributed by atoms with Crippen molar-refractivity contribution in [3.63, 3.8) is 0 Å². The summed E-state index contributed by atoms with van der Waals surface area (Å²) in [6.45, 7) is 6.81. The molecule has 0 bridgehead atoms. The Hall–Kier alpha value is -2.68. The van der Waals surface area contributed by atoms with Crippen LogP contribution >= 0.6 is 0 Å². The molecule has 2 rings (SSSR count). The Morgan fingerprint density at radius 2 is 2.35 bits per heavy atom. The van der Waals surface area contributed by atoms with Crippen LogP contribution in [0.3, 0.4) is 0 Å². The zero-order chi connectivity index (χ0) is 14.4. The zero-order valence-electron chi connectivity index (χ0n) is 11.4. The molecule has 2 aromatic rings. The summed E-state index contributed by atoms with van der Waals surface area (Å²) < 4.78 is 1.75. The Morgan fingerprint density at radius 1 is 1.50 bits per heavy atom. The predicted molar refractivity (Wildman–Crippen MR) is 76.9 cm³/mol. The van der Waals surface area contributed by atoms with Crippen molar-refractivity contribution in [1.82, 2.24) is 19.7 Å². The Bertz CT molecular complexity index is 637. The third-order valence-corrected chi connectivity index (χ3v) is 2.74. The van der Waals surface area contributed by atoms with Gasteiger partial charge in [0.05, 0.1) is 30.9 Å². The summed E-state index contributed by atoms with van der Waals surface area (Å²) >= 11 is 0. The number of aromatic nitrogens is 4. The van der Waals surface area contributed by atoms with Crippen molar-refractivity contribution in [3.8, 4) is 17.3 Å². The number of nitriles is 1. The van der Waals surface area contributed by atoms with Crippen LogP contribution in [0.1, 0.15) is 12.0 Å². The van der Waals surface area contributed by atoms with Gasteiger partial charge in [-0.25, -0.2) is 9.97 Å². The zero-order valence-corrected chi connectivity index (χ0v) is 11.4. The molecule has 2 heterocycles. The third-order valence-electron chi connectivity index (χ3n) is 2.74. The SMILES string of the molecule is C=CCNc1ncc(C)c(-c2cnn(CCC#N)c2)n1. The van der Waals surface area contributed by atoms with Crippen molar-refractivity contribution in [2.24, 2.45) is 0 Å². The monoisotopic (exact) mass is 268 g/mol. The second-order valence-electron chi connectivity index (χ2n) is 4.30. The lowest BCUT2D eigenvalue weighted by molar-refractivity contribution is 0.628. The molecule has 0 radical (unpaired) electrons. The molecular formula is C14H16N6. The van der Waals surface area contributed by atoms with Crippen LogP contribution < -0.4 is 5.32 Å². The molecule has 0 atom stereocenters. The molecule has 0 amide bonds. The van der Waals surface area contributed by atoms with E-state index >= 15 is 0 Å². The molecular weight excluding hydrogens is 252 g/mol. The Balaban J connectivity index is 2.24. The first-order valence-corrected chi connectivity index (χ1v) is 6.32. The number of aryl methyl sites for hydroxylation is 2. The van der Waals surface area contributed by atoms with Gasteiger partial charge in [0.15, 0.2) is 0 Å². The van der Waals surface area contributed by atoms with E-state index in [4.69, 9.17) is 5.26 Å². The third kappa shape index (κ3) is 3.20. The van der Waals surface area contributed by atoms with Gasteiger partial charge in [0.25, 0.3) is 0 Å². The number of nitrogens with one attached hydrogen (secondary N) is 1. The molecule has 2 aromatic heterocycles. The quantitative estimate of drug-likeness (QED) is 0.812. The van der Waals surface area contributed by atoms with Crippen LogP contribution in [0.5, 0.6) is 0 Å². The van der Waals surface area contributed by atoms with E-state index in [0.29, 0.717) is 25.5 Å². The van der Waals surface area contributed by atoms with E-state index in [1.165, 1.54) is 0 Å². The van der Waals surface area contributed by atoms with Crippen molar-refractivity contribution in [2.45, 2.75) is 19.9 Å². The minimum absolute atomic E-state index is 0.440. The van der Waals surface area contributed by atoms with Crippen molar-refractivity contribution in [1.29, 1.82) is 5.26 Å². The van der Waals surface area contributed by atoms with E-state index in [1.54, 1.807) is 23.2 Å². The molecule has 6 nitrogen and oxygen atoms in total. The molecule has 0 aliphatic carbocycles. The molecule has 102 valence electrons. The predicted octanol–water partition coefficient (Wildman–Crippen LogP) is 2.16. The van der Waals surface area contributed by atoms with Gasteiger partial charge in [0, 0.05) is 24.5 Å². The van der Waals surface area contributed by atoms with Crippen LogP contribution in [0, 0.1) is 18.3 Å². The van der Waals surface area contributed by atoms with Gasteiger partial charge in [-0.3, -0.25) is 4.68 Å². The van der Waals surface area contributed by atoms with Crippen LogP contribution in [0.2, 0.25) is 0 Å². The average molecular weight is 268 g/mol. The molecule has 0 unspecified atom stereocenters. The smallest absolute Gasteiger partial charge is 0.223 e. The molecule has 0 saturated carbocycles. The second kappa shape index (κ2) is 6.48. The molecule has 0 aliphatic heterocycles. The lowest BCUT2D eigenvalue weighted by Gasteiger charge is -2.06. The van der Waals surface area contributed by atoms with Gasteiger partial charge < -0.3 is 5.32 Å². The Kier molecular flexibility index (Phi) is 4.45. The van der Waals surface area contributed by atoms with Gasteiger partial charge in [0.1, 0.15) is 0 Å². The van der Waals surface area contributed by atoms with Crippen molar-refractivity contribution in [3.05, 3.63) is 36.8 Å². The van der Waals surface area contributed by atoms with Gasteiger partial charge >= 0.3 is 0 Å². The van der Waals surface area contributed by atoms with E-state index in [0.717, 1.165) is 16.8 Å². The maximum atomic E-state index is 8.59. The largest absolute Gasteiger partial charge is 0.351 e. The highest BCUT2D eigenvalue weighted by molar-refractivity contribution is 5.62. The first kappa shape index (κ1) is 13.7. The number of hydrogen-bond acceptors (Lipinski definition) is 5. The van der Waals surface area contributed by atoms with E-state index in [1.807, 2.05) is 13.1 Å². The standard InChI is InChI=1S/C14H16N6/c1-3-6-16-14-17-8-11(2)13(19-14)12-9-18-20(10-12)7-4-5-15/h3,8-10H,1,4,6-7H2,2H3,(H,16,17,19). The number of anilines is 1. The highest BCUT2D eigenvalue weighted by Gasteiger charge is 2.08. The van der Waals surface area contributed by atoms with E-state index in [9.17, 15) is 0 Å². The Labute approximate surface area is 117 Å². The highest BCUT2D eigenvalue weighted by Crippen LogP contribution is 2.21.